The van der Waals surface area contributed by atoms with E-state index in [9.17, 15) is 0 Å². The van der Waals surface area contributed by atoms with Crippen LogP contribution in [0.25, 0.3) is 0 Å². The van der Waals surface area contributed by atoms with Crippen molar-refractivity contribution >= 4 is 0 Å². The summed E-state index contributed by atoms with van der Waals surface area (Å²) < 4.78 is 5.41. The molecule has 1 rings (SSSR count). The number of nitrogens with zero attached hydrogens (tertiary/aromatic N) is 1. The fourth-order valence-corrected chi connectivity index (χ4v) is 1.17. The summed E-state index contributed by atoms with van der Waals surface area (Å²) in [4.78, 5) is 4.25. The summed E-state index contributed by atoms with van der Waals surface area (Å²) in [5, 5.41) is 11.9. The Bertz CT molecular complexity index is 264. The Kier molecular flexibility index (Phi) is 4.10. The topological polar surface area (TPSA) is 58.3 Å². The third kappa shape index (κ3) is 3.12. The van der Waals surface area contributed by atoms with Gasteiger partial charge in [-0.15, -0.1) is 0 Å². The average Bonchev–Trinajstić information content (AvgIpc) is 2.44. The Morgan fingerprint density at radius 3 is 2.71 bits per heavy atom. The SMILES string of the molecule is Cc1nc(CNC(C)CCO)oc1C. The normalized spacial score (nSPS) is 13.1. The molecule has 0 spiro atoms. The molecule has 0 saturated heterocycles. The summed E-state index contributed by atoms with van der Waals surface area (Å²) in [6.45, 7) is 6.69. The van der Waals surface area contributed by atoms with Gasteiger partial charge in [-0.05, 0) is 27.2 Å². The van der Waals surface area contributed by atoms with E-state index < -0.39 is 0 Å². The van der Waals surface area contributed by atoms with E-state index in [1.165, 1.54) is 0 Å². The lowest BCUT2D eigenvalue weighted by Gasteiger charge is -2.09. The van der Waals surface area contributed by atoms with Gasteiger partial charge in [-0.1, -0.05) is 0 Å². The highest BCUT2D eigenvalue weighted by Gasteiger charge is 2.06. The van der Waals surface area contributed by atoms with Gasteiger partial charge in [0.1, 0.15) is 5.76 Å². The fourth-order valence-electron chi connectivity index (χ4n) is 1.17. The number of aryl methyl sites for hydroxylation is 2. The standard InChI is InChI=1S/C10H18N2O2/c1-7(4-5-13)11-6-10-12-8(2)9(3)14-10/h7,11,13H,4-6H2,1-3H3. The summed E-state index contributed by atoms with van der Waals surface area (Å²) >= 11 is 0. The van der Waals surface area contributed by atoms with E-state index in [1.807, 2.05) is 20.8 Å². The number of aliphatic hydroxyl groups excluding tert-OH is 1. The zero-order valence-electron chi connectivity index (χ0n) is 9.00. The minimum Gasteiger partial charge on any atom is -0.444 e. The van der Waals surface area contributed by atoms with Crippen molar-refractivity contribution in [2.24, 2.45) is 0 Å². The van der Waals surface area contributed by atoms with E-state index in [0.717, 1.165) is 17.9 Å². The van der Waals surface area contributed by atoms with Gasteiger partial charge in [0, 0.05) is 12.6 Å². The molecule has 0 bridgehead atoms. The molecule has 80 valence electrons. The molecule has 4 nitrogen and oxygen atoms in total. The molecule has 1 atom stereocenters. The number of hydrogen-bond donors (Lipinski definition) is 2. The summed E-state index contributed by atoms with van der Waals surface area (Å²) in [5.74, 6) is 1.58. The first-order chi connectivity index (χ1) is 6.63. The van der Waals surface area contributed by atoms with Crippen molar-refractivity contribution in [2.75, 3.05) is 6.61 Å². The molecule has 1 aromatic heterocycles. The number of hydrogen-bond acceptors (Lipinski definition) is 4. The second kappa shape index (κ2) is 5.12. The van der Waals surface area contributed by atoms with Crippen LogP contribution in [0.15, 0.2) is 4.42 Å². The summed E-state index contributed by atoms with van der Waals surface area (Å²) in [6, 6.07) is 0.285. The predicted octanol–water partition coefficient (Wildman–Crippen LogP) is 1.15. The van der Waals surface area contributed by atoms with E-state index >= 15 is 0 Å². The van der Waals surface area contributed by atoms with Crippen molar-refractivity contribution < 1.29 is 9.52 Å². The largest absolute Gasteiger partial charge is 0.444 e. The average molecular weight is 198 g/mol. The lowest BCUT2D eigenvalue weighted by Crippen LogP contribution is -2.26. The molecule has 1 unspecified atom stereocenters. The second-order valence-corrected chi connectivity index (χ2v) is 3.54. The van der Waals surface area contributed by atoms with Gasteiger partial charge in [-0.3, -0.25) is 0 Å². The van der Waals surface area contributed by atoms with Crippen LogP contribution in [-0.4, -0.2) is 22.7 Å². The molecule has 0 aliphatic carbocycles. The molecule has 0 aliphatic rings. The Morgan fingerprint density at radius 1 is 1.50 bits per heavy atom. The molecule has 0 aromatic carbocycles. The van der Waals surface area contributed by atoms with Gasteiger partial charge >= 0.3 is 0 Å². The van der Waals surface area contributed by atoms with Crippen LogP contribution < -0.4 is 5.32 Å². The highest BCUT2D eigenvalue weighted by Crippen LogP contribution is 2.07. The first-order valence-electron chi connectivity index (χ1n) is 4.90. The highest BCUT2D eigenvalue weighted by atomic mass is 16.4. The Labute approximate surface area is 84.3 Å². The predicted molar refractivity (Wildman–Crippen MR) is 54.0 cm³/mol. The van der Waals surface area contributed by atoms with Crippen LogP contribution in [0.1, 0.15) is 30.7 Å². The van der Waals surface area contributed by atoms with Gasteiger partial charge in [0.05, 0.1) is 12.2 Å². The van der Waals surface area contributed by atoms with Crippen molar-refractivity contribution in [1.29, 1.82) is 0 Å². The van der Waals surface area contributed by atoms with Crippen LogP contribution in [-0.2, 0) is 6.54 Å². The maximum absolute atomic E-state index is 8.70. The van der Waals surface area contributed by atoms with E-state index in [1.54, 1.807) is 0 Å². The van der Waals surface area contributed by atoms with Crippen molar-refractivity contribution in [2.45, 2.75) is 39.8 Å². The van der Waals surface area contributed by atoms with Crippen molar-refractivity contribution in [1.82, 2.24) is 10.3 Å². The quantitative estimate of drug-likeness (QED) is 0.745. The second-order valence-electron chi connectivity index (χ2n) is 3.54. The molecule has 0 amide bonds. The third-order valence-corrected chi connectivity index (χ3v) is 2.24. The van der Waals surface area contributed by atoms with Gasteiger partial charge in [-0.2, -0.15) is 0 Å². The van der Waals surface area contributed by atoms with Crippen molar-refractivity contribution in [3.8, 4) is 0 Å². The van der Waals surface area contributed by atoms with Gasteiger partial charge in [0.25, 0.3) is 0 Å². The van der Waals surface area contributed by atoms with Crippen molar-refractivity contribution in [3.05, 3.63) is 17.3 Å². The van der Waals surface area contributed by atoms with Gasteiger partial charge in [-0.25, -0.2) is 4.98 Å². The number of nitrogens with one attached hydrogen (secondary N) is 1. The number of aliphatic hydroxyl groups is 1. The lowest BCUT2D eigenvalue weighted by molar-refractivity contribution is 0.266. The van der Waals surface area contributed by atoms with Gasteiger partial charge in [0.15, 0.2) is 0 Å². The lowest BCUT2D eigenvalue weighted by atomic mass is 10.2. The molecule has 1 aromatic rings. The van der Waals surface area contributed by atoms with Crippen LogP contribution in [0.4, 0.5) is 0 Å². The van der Waals surface area contributed by atoms with Gasteiger partial charge < -0.3 is 14.8 Å². The van der Waals surface area contributed by atoms with E-state index in [2.05, 4.69) is 10.3 Å². The monoisotopic (exact) mass is 198 g/mol. The Hall–Kier alpha value is -0.870. The van der Waals surface area contributed by atoms with Crippen molar-refractivity contribution in [3.63, 3.8) is 0 Å². The van der Waals surface area contributed by atoms with Gasteiger partial charge in [0.2, 0.25) is 5.89 Å². The first-order valence-corrected chi connectivity index (χ1v) is 4.90. The van der Waals surface area contributed by atoms with Crippen LogP contribution in [0.5, 0.6) is 0 Å². The van der Waals surface area contributed by atoms with E-state index in [0.29, 0.717) is 12.4 Å². The fraction of sp³-hybridized carbons (Fsp3) is 0.700. The number of rotatable bonds is 5. The Morgan fingerprint density at radius 2 is 2.21 bits per heavy atom. The molecule has 0 saturated carbocycles. The molecule has 0 aliphatic heterocycles. The molecule has 2 N–H and O–H groups in total. The number of oxazole rings is 1. The van der Waals surface area contributed by atoms with Crippen LogP contribution in [0, 0.1) is 13.8 Å². The summed E-state index contributed by atoms with van der Waals surface area (Å²) in [6.07, 6.45) is 0.749. The molecular weight excluding hydrogens is 180 g/mol. The van der Waals surface area contributed by atoms with Crippen LogP contribution in [0.2, 0.25) is 0 Å². The van der Waals surface area contributed by atoms with E-state index in [-0.39, 0.29) is 12.6 Å². The number of aromatic nitrogens is 1. The summed E-state index contributed by atoms with van der Waals surface area (Å²) in [5.41, 5.74) is 0.941. The highest BCUT2D eigenvalue weighted by molar-refractivity contribution is 5.05. The third-order valence-electron chi connectivity index (χ3n) is 2.24. The maximum atomic E-state index is 8.70. The molecule has 1 heterocycles. The maximum Gasteiger partial charge on any atom is 0.208 e. The first kappa shape index (κ1) is 11.2. The molecule has 0 radical (unpaired) electrons. The molecule has 14 heavy (non-hydrogen) atoms. The van der Waals surface area contributed by atoms with E-state index in [4.69, 9.17) is 9.52 Å². The molecule has 4 heteroatoms. The van der Waals surface area contributed by atoms with Crippen LogP contribution >= 0.6 is 0 Å². The molecular formula is C10H18N2O2. The van der Waals surface area contributed by atoms with Crippen LogP contribution in [0.3, 0.4) is 0 Å². The zero-order valence-corrected chi connectivity index (χ0v) is 9.00. The minimum atomic E-state index is 0.206. The molecule has 0 fully saturated rings. The minimum absolute atomic E-state index is 0.206. The Balaban J connectivity index is 2.38. The smallest absolute Gasteiger partial charge is 0.208 e. The zero-order chi connectivity index (χ0) is 10.6. The summed E-state index contributed by atoms with van der Waals surface area (Å²) in [7, 11) is 0.